The number of carbonyl (C=O) groups is 3. The SMILES string of the molecule is CC(C)(CI)C1CCC(N(Cc2ccc(C(=O)NCCC(=O)O)cc2)C(=O)Nc2ccc(OC(F)(F)F)cc2)CC1. The lowest BCUT2D eigenvalue weighted by atomic mass is 9.71. The summed E-state index contributed by atoms with van der Waals surface area (Å²) in [6.07, 6.45) is -1.39. The number of aliphatic carboxylic acids is 1. The summed E-state index contributed by atoms with van der Waals surface area (Å²) >= 11 is 2.42. The van der Waals surface area contributed by atoms with Gasteiger partial charge in [-0.25, -0.2) is 4.79 Å². The van der Waals surface area contributed by atoms with E-state index in [-0.39, 0.29) is 48.7 Å². The number of carboxylic acids is 1. The van der Waals surface area contributed by atoms with Gasteiger partial charge >= 0.3 is 18.4 Å². The Morgan fingerprint density at radius 3 is 2.15 bits per heavy atom. The molecule has 1 saturated carbocycles. The zero-order valence-corrected chi connectivity index (χ0v) is 25.1. The zero-order chi connectivity index (χ0) is 30.2. The van der Waals surface area contributed by atoms with E-state index in [4.69, 9.17) is 5.11 Å². The average Bonchev–Trinajstić information content (AvgIpc) is 2.92. The number of hydrogen-bond acceptors (Lipinski definition) is 4. The highest BCUT2D eigenvalue weighted by atomic mass is 127. The first-order valence-electron chi connectivity index (χ1n) is 13.4. The van der Waals surface area contributed by atoms with Crippen LogP contribution >= 0.6 is 22.6 Å². The van der Waals surface area contributed by atoms with E-state index >= 15 is 0 Å². The number of hydrogen-bond donors (Lipinski definition) is 3. The van der Waals surface area contributed by atoms with Gasteiger partial charge in [-0.2, -0.15) is 0 Å². The van der Waals surface area contributed by atoms with Crippen LogP contribution in [-0.2, 0) is 11.3 Å². The second-order valence-corrected chi connectivity index (χ2v) is 11.6. The predicted octanol–water partition coefficient (Wildman–Crippen LogP) is 6.84. The predicted molar refractivity (Wildman–Crippen MR) is 157 cm³/mol. The molecule has 0 spiro atoms. The molecule has 3 amide bonds. The molecule has 12 heteroatoms. The largest absolute Gasteiger partial charge is 0.573 e. The van der Waals surface area contributed by atoms with Crippen LogP contribution in [-0.4, -0.2) is 51.3 Å². The number of benzene rings is 2. The minimum absolute atomic E-state index is 0.0181. The molecule has 0 radical (unpaired) electrons. The first-order chi connectivity index (χ1) is 19.3. The van der Waals surface area contributed by atoms with Crippen LogP contribution in [0.1, 0.15) is 61.9 Å². The van der Waals surface area contributed by atoms with Gasteiger partial charge in [0.05, 0.1) is 6.42 Å². The molecule has 0 aromatic heterocycles. The van der Waals surface area contributed by atoms with Gasteiger partial charge in [0.2, 0.25) is 0 Å². The van der Waals surface area contributed by atoms with Gasteiger partial charge in [-0.05, 0) is 79.0 Å². The van der Waals surface area contributed by atoms with Crippen LogP contribution in [0, 0.1) is 11.3 Å². The molecule has 3 N–H and O–H groups in total. The molecule has 224 valence electrons. The van der Waals surface area contributed by atoms with E-state index in [2.05, 4.69) is 51.8 Å². The average molecular weight is 690 g/mol. The number of carbonyl (C=O) groups excluding carboxylic acids is 2. The molecular formula is C29H35F3IN3O5. The number of alkyl halides is 4. The molecule has 0 unspecified atom stereocenters. The normalized spacial score (nSPS) is 17.4. The highest BCUT2D eigenvalue weighted by molar-refractivity contribution is 14.1. The zero-order valence-electron chi connectivity index (χ0n) is 23.0. The van der Waals surface area contributed by atoms with Gasteiger partial charge in [-0.3, -0.25) is 9.59 Å². The van der Waals surface area contributed by atoms with Crippen LogP contribution in [0.25, 0.3) is 0 Å². The van der Waals surface area contributed by atoms with Crippen molar-refractivity contribution in [1.82, 2.24) is 10.2 Å². The summed E-state index contributed by atoms with van der Waals surface area (Å²) in [4.78, 5) is 38.2. The molecule has 1 aliphatic carbocycles. The Hall–Kier alpha value is -3.03. The number of carboxylic acid groups (broad SMARTS) is 1. The fraction of sp³-hybridized carbons (Fsp3) is 0.483. The van der Waals surface area contributed by atoms with Crippen molar-refractivity contribution in [3.05, 3.63) is 59.7 Å². The fourth-order valence-electron chi connectivity index (χ4n) is 4.92. The van der Waals surface area contributed by atoms with Crippen molar-refractivity contribution in [3.63, 3.8) is 0 Å². The Bertz CT molecular complexity index is 1180. The number of ether oxygens (including phenoxy) is 1. The van der Waals surface area contributed by atoms with Gasteiger partial charge in [0.1, 0.15) is 5.75 Å². The number of urea groups is 1. The van der Waals surface area contributed by atoms with Gasteiger partial charge in [-0.1, -0.05) is 48.6 Å². The van der Waals surface area contributed by atoms with E-state index in [1.54, 1.807) is 29.2 Å². The first-order valence-corrected chi connectivity index (χ1v) is 14.9. The molecule has 8 nitrogen and oxygen atoms in total. The van der Waals surface area contributed by atoms with E-state index in [1.807, 2.05) is 0 Å². The summed E-state index contributed by atoms with van der Waals surface area (Å²) in [6, 6.07) is 11.3. The number of amides is 3. The minimum Gasteiger partial charge on any atom is -0.481 e. The lowest BCUT2D eigenvalue weighted by Gasteiger charge is -2.42. The van der Waals surface area contributed by atoms with Gasteiger partial charge in [0.25, 0.3) is 5.91 Å². The van der Waals surface area contributed by atoms with Gasteiger partial charge in [0.15, 0.2) is 0 Å². The molecule has 1 aliphatic rings. The molecule has 0 saturated heterocycles. The van der Waals surface area contributed by atoms with E-state index in [1.165, 1.54) is 12.1 Å². The standard InChI is InChI=1S/C29H35F3IN3O5/c1-28(2,18-33)21-7-11-23(12-8-21)36(27(40)35-22-9-13-24(14-10-22)41-29(30,31)32)17-19-3-5-20(6-4-19)26(39)34-16-15-25(37)38/h3-6,9-10,13-14,21,23H,7-8,11-12,15-18H2,1-2H3,(H,34,39)(H,35,40)(H,37,38). The summed E-state index contributed by atoms with van der Waals surface area (Å²) in [5, 5.41) is 14.1. The maximum atomic E-state index is 13.5. The van der Waals surface area contributed by atoms with Gasteiger partial charge in [0, 0.05) is 34.8 Å². The fourth-order valence-corrected chi connectivity index (χ4v) is 5.55. The minimum atomic E-state index is -4.80. The molecule has 2 aromatic carbocycles. The molecule has 0 atom stereocenters. The van der Waals surface area contributed by atoms with Crippen molar-refractivity contribution in [2.45, 2.75) is 64.9 Å². The van der Waals surface area contributed by atoms with Crippen LogP contribution in [0.15, 0.2) is 48.5 Å². The summed E-state index contributed by atoms with van der Waals surface area (Å²) < 4.78 is 42.5. The molecule has 0 aliphatic heterocycles. The van der Waals surface area contributed by atoms with Gasteiger partial charge < -0.3 is 25.4 Å². The molecule has 2 aromatic rings. The maximum Gasteiger partial charge on any atom is 0.573 e. The third-order valence-electron chi connectivity index (χ3n) is 7.38. The molecule has 1 fully saturated rings. The van der Waals surface area contributed by atoms with Crippen molar-refractivity contribution in [2.24, 2.45) is 11.3 Å². The highest BCUT2D eigenvalue weighted by Gasteiger charge is 2.35. The summed E-state index contributed by atoms with van der Waals surface area (Å²) in [7, 11) is 0. The van der Waals surface area contributed by atoms with Crippen molar-refractivity contribution in [3.8, 4) is 5.75 Å². The number of anilines is 1. The van der Waals surface area contributed by atoms with Crippen molar-refractivity contribution in [2.75, 3.05) is 16.3 Å². The number of nitrogens with zero attached hydrogens (tertiary/aromatic N) is 1. The molecule has 41 heavy (non-hydrogen) atoms. The smallest absolute Gasteiger partial charge is 0.481 e. The second-order valence-electron chi connectivity index (χ2n) is 10.9. The van der Waals surface area contributed by atoms with Crippen molar-refractivity contribution >= 4 is 46.2 Å². The van der Waals surface area contributed by atoms with Gasteiger partial charge in [-0.15, -0.1) is 13.2 Å². The van der Waals surface area contributed by atoms with E-state index in [0.717, 1.165) is 47.8 Å². The lowest BCUT2D eigenvalue weighted by molar-refractivity contribution is -0.274. The second kappa shape index (κ2) is 14.2. The Morgan fingerprint density at radius 1 is 1.00 bits per heavy atom. The highest BCUT2D eigenvalue weighted by Crippen LogP contribution is 2.41. The molecule has 0 bridgehead atoms. The van der Waals surface area contributed by atoms with E-state index in [9.17, 15) is 27.6 Å². The Labute approximate surface area is 251 Å². The van der Waals surface area contributed by atoms with Crippen molar-refractivity contribution in [1.29, 1.82) is 0 Å². The Balaban J connectivity index is 1.73. The topological polar surface area (TPSA) is 108 Å². The summed E-state index contributed by atoms with van der Waals surface area (Å²) in [6.45, 7) is 4.82. The van der Waals surface area contributed by atoms with Crippen LogP contribution in [0.2, 0.25) is 0 Å². The molecule has 0 heterocycles. The first kappa shape index (κ1) is 32.5. The Kier molecular flexibility index (Phi) is 11.3. The third-order valence-corrected chi connectivity index (χ3v) is 9.35. The Morgan fingerprint density at radius 2 is 1.61 bits per heavy atom. The quantitative estimate of drug-likeness (QED) is 0.177. The van der Waals surface area contributed by atoms with Crippen LogP contribution in [0.5, 0.6) is 5.75 Å². The molecular weight excluding hydrogens is 654 g/mol. The lowest BCUT2D eigenvalue weighted by Crippen LogP contribution is -2.45. The van der Waals surface area contributed by atoms with E-state index < -0.39 is 12.3 Å². The summed E-state index contributed by atoms with van der Waals surface area (Å²) in [5.74, 6) is -1.23. The van der Waals surface area contributed by atoms with Crippen LogP contribution in [0.4, 0.5) is 23.7 Å². The monoisotopic (exact) mass is 689 g/mol. The van der Waals surface area contributed by atoms with Crippen LogP contribution < -0.4 is 15.4 Å². The molecule has 3 rings (SSSR count). The number of nitrogens with one attached hydrogen (secondary N) is 2. The number of rotatable bonds is 11. The number of halogens is 4. The van der Waals surface area contributed by atoms with E-state index in [0.29, 0.717) is 17.2 Å². The third kappa shape index (κ3) is 10.1. The maximum absolute atomic E-state index is 13.5. The van der Waals surface area contributed by atoms with Crippen LogP contribution in [0.3, 0.4) is 0 Å². The summed E-state index contributed by atoms with van der Waals surface area (Å²) in [5.41, 5.74) is 1.70. The van der Waals surface area contributed by atoms with Crippen molar-refractivity contribution < 1.29 is 37.4 Å².